The van der Waals surface area contributed by atoms with Crippen LogP contribution in [-0.4, -0.2) is 36.1 Å². The highest BCUT2D eigenvalue weighted by molar-refractivity contribution is 6.05. The van der Waals surface area contributed by atoms with E-state index in [2.05, 4.69) is 5.10 Å². The van der Waals surface area contributed by atoms with Crippen LogP contribution in [-0.2, 0) is 15.8 Å². The number of alkyl halides is 3. The maximum atomic E-state index is 13.5. The van der Waals surface area contributed by atoms with Crippen molar-refractivity contribution in [2.75, 3.05) is 18.5 Å². The van der Waals surface area contributed by atoms with Gasteiger partial charge in [0.05, 0.1) is 11.3 Å². The fraction of sp³-hybridized carbons (Fsp3) is 0.286. The van der Waals surface area contributed by atoms with Crippen LogP contribution in [0.3, 0.4) is 0 Å². The molecule has 1 heterocycles. The Hall–Kier alpha value is -3.30. The topological polar surface area (TPSA) is 53.0 Å². The van der Waals surface area contributed by atoms with Crippen molar-refractivity contribution in [3.8, 4) is 0 Å². The summed E-state index contributed by atoms with van der Waals surface area (Å²) in [7, 11) is 1.22. The van der Waals surface area contributed by atoms with Gasteiger partial charge in [-0.05, 0) is 48.4 Å². The number of nitrogens with zero attached hydrogens (tertiary/aromatic N) is 3. The first-order valence-electron chi connectivity index (χ1n) is 9.25. The van der Waals surface area contributed by atoms with Gasteiger partial charge in [-0.25, -0.2) is 13.8 Å². The number of halogens is 5. The zero-order valence-corrected chi connectivity index (χ0v) is 16.6. The lowest BCUT2D eigenvalue weighted by Gasteiger charge is -2.26. The summed E-state index contributed by atoms with van der Waals surface area (Å²) in [6.45, 7) is 1.07. The summed E-state index contributed by atoms with van der Waals surface area (Å²) in [5.74, 6) is -2.98. The molecule has 3 rings (SSSR count). The van der Waals surface area contributed by atoms with E-state index in [9.17, 15) is 31.5 Å². The maximum Gasteiger partial charge on any atom is 0.419 e. The highest BCUT2D eigenvalue weighted by Gasteiger charge is 2.35. The minimum absolute atomic E-state index is 0.0705. The molecule has 0 spiro atoms. The minimum Gasteiger partial charge on any atom is -0.314 e. The zero-order valence-electron chi connectivity index (χ0n) is 16.6. The maximum absolute atomic E-state index is 13.5. The normalized spacial score (nSPS) is 14.5. The molecule has 0 aliphatic carbocycles. The number of hydrazone groups is 1. The third-order valence-electron chi connectivity index (χ3n) is 4.90. The fourth-order valence-corrected chi connectivity index (χ4v) is 3.07. The summed E-state index contributed by atoms with van der Waals surface area (Å²) < 4.78 is 65.8. The Kier molecular flexibility index (Phi) is 6.10. The van der Waals surface area contributed by atoms with Crippen molar-refractivity contribution >= 4 is 23.2 Å². The van der Waals surface area contributed by atoms with Crippen LogP contribution >= 0.6 is 0 Å². The summed E-state index contributed by atoms with van der Waals surface area (Å²) in [4.78, 5) is 25.7. The highest BCUT2D eigenvalue weighted by atomic mass is 19.4. The number of aryl methyl sites for hydroxylation is 1. The molecule has 2 aromatic carbocycles. The largest absolute Gasteiger partial charge is 0.419 e. The lowest BCUT2D eigenvalue weighted by Crippen LogP contribution is -2.41. The van der Waals surface area contributed by atoms with Gasteiger partial charge in [-0.3, -0.25) is 9.59 Å². The monoisotopic (exact) mass is 439 g/mol. The number of anilines is 1. The van der Waals surface area contributed by atoms with Gasteiger partial charge < -0.3 is 4.90 Å². The minimum atomic E-state index is -4.92. The van der Waals surface area contributed by atoms with Crippen LogP contribution in [0.1, 0.15) is 29.5 Å². The van der Waals surface area contributed by atoms with Gasteiger partial charge in [0.1, 0.15) is 18.2 Å². The molecular weight excluding hydrogens is 421 g/mol. The number of carbonyl (C=O) groups excluding carboxylic acids is 2. The quantitative estimate of drug-likeness (QED) is 0.668. The number of carbonyl (C=O) groups is 2. The van der Waals surface area contributed by atoms with E-state index in [1.54, 1.807) is 13.0 Å². The second-order valence-electron chi connectivity index (χ2n) is 7.08. The predicted molar refractivity (Wildman–Crippen MR) is 103 cm³/mol. The Morgan fingerprint density at radius 1 is 1.10 bits per heavy atom. The molecule has 0 N–H and O–H groups in total. The van der Waals surface area contributed by atoms with Gasteiger partial charge in [0, 0.05) is 25.6 Å². The van der Waals surface area contributed by atoms with E-state index >= 15 is 0 Å². The second kappa shape index (κ2) is 8.44. The Bertz CT molecular complexity index is 1070. The molecule has 2 amide bonds. The molecule has 0 saturated heterocycles. The van der Waals surface area contributed by atoms with Crippen molar-refractivity contribution in [1.29, 1.82) is 0 Å². The highest BCUT2D eigenvalue weighted by Crippen LogP contribution is 2.33. The summed E-state index contributed by atoms with van der Waals surface area (Å²) in [6.07, 6.45) is -4.54. The van der Waals surface area contributed by atoms with Gasteiger partial charge in [-0.2, -0.15) is 18.3 Å². The molecule has 0 unspecified atom stereocenters. The van der Waals surface area contributed by atoms with Gasteiger partial charge in [-0.1, -0.05) is 6.07 Å². The van der Waals surface area contributed by atoms with Crippen LogP contribution < -0.4 is 4.90 Å². The lowest BCUT2D eigenvalue weighted by atomic mass is 10.0. The Morgan fingerprint density at radius 3 is 2.42 bits per heavy atom. The first-order valence-corrected chi connectivity index (χ1v) is 9.25. The number of benzene rings is 2. The first kappa shape index (κ1) is 22.4. The standard InChI is InChI=1S/C21H18F5N3O2/c1-12-9-13(3-5-16(12)22)18-7-8-19(30)29(27-18)11-20(31)28(2)14-4-6-17(23)15(10-14)21(24,25)26/h3-6,9-10H,7-8,11H2,1-2H3. The molecule has 0 saturated carbocycles. The molecule has 10 heteroatoms. The van der Waals surface area contributed by atoms with E-state index in [0.29, 0.717) is 35.4 Å². The van der Waals surface area contributed by atoms with Crippen molar-refractivity contribution in [3.63, 3.8) is 0 Å². The second-order valence-corrected chi connectivity index (χ2v) is 7.08. The van der Waals surface area contributed by atoms with Gasteiger partial charge in [0.2, 0.25) is 11.8 Å². The van der Waals surface area contributed by atoms with Crippen LogP contribution in [0.5, 0.6) is 0 Å². The molecule has 0 fully saturated rings. The van der Waals surface area contributed by atoms with Gasteiger partial charge >= 0.3 is 6.18 Å². The van der Waals surface area contributed by atoms with Crippen molar-refractivity contribution in [3.05, 3.63) is 64.7 Å². The SMILES string of the molecule is Cc1cc(C2=NN(CC(=O)N(C)c3ccc(F)c(C(F)(F)F)c3)C(=O)CC2)ccc1F. The van der Waals surface area contributed by atoms with Gasteiger partial charge in [0.15, 0.2) is 0 Å². The molecule has 0 atom stereocenters. The van der Waals surface area contributed by atoms with E-state index in [-0.39, 0.29) is 17.9 Å². The Morgan fingerprint density at radius 2 is 1.77 bits per heavy atom. The van der Waals surface area contributed by atoms with Crippen molar-refractivity contribution in [2.45, 2.75) is 25.9 Å². The summed E-state index contributed by atoms with van der Waals surface area (Å²) in [5, 5.41) is 5.12. The van der Waals surface area contributed by atoms with E-state index in [1.807, 2.05) is 0 Å². The lowest BCUT2D eigenvalue weighted by molar-refractivity contribution is -0.140. The summed E-state index contributed by atoms with van der Waals surface area (Å²) >= 11 is 0. The smallest absolute Gasteiger partial charge is 0.314 e. The van der Waals surface area contributed by atoms with Crippen molar-refractivity contribution < 1.29 is 31.5 Å². The molecule has 0 aromatic heterocycles. The van der Waals surface area contributed by atoms with Crippen molar-refractivity contribution in [1.82, 2.24) is 5.01 Å². The van der Waals surface area contributed by atoms with Crippen LogP contribution in [0.25, 0.3) is 0 Å². The molecule has 31 heavy (non-hydrogen) atoms. The van der Waals surface area contributed by atoms with Gasteiger partial charge in [-0.15, -0.1) is 0 Å². The zero-order chi connectivity index (χ0) is 22.9. The molecule has 164 valence electrons. The summed E-state index contributed by atoms with van der Waals surface area (Å²) in [5.41, 5.74) is -0.187. The molecule has 0 radical (unpaired) electrons. The number of rotatable bonds is 4. The van der Waals surface area contributed by atoms with Crippen LogP contribution in [0.4, 0.5) is 27.6 Å². The van der Waals surface area contributed by atoms with Crippen molar-refractivity contribution in [2.24, 2.45) is 5.10 Å². The first-order chi connectivity index (χ1) is 14.5. The van der Waals surface area contributed by atoms with Crippen LogP contribution in [0.2, 0.25) is 0 Å². The fourth-order valence-electron chi connectivity index (χ4n) is 3.07. The number of amides is 2. The number of likely N-dealkylation sites (N-methyl/N-ethyl adjacent to an activating group) is 1. The van der Waals surface area contributed by atoms with Crippen LogP contribution in [0.15, 0.2) is 41.5 Å². The molecule has 0 bridgehead atoms. The van der Waals surface area contributed by atoms with Gasteiger partial charge in [0.25, 0.3) is 0 Å². The average Bonchev–Trinajstić information content (AvgIpc) is 2.70. The molecule has 1 aliphatic heterocycles. The third-order valence-corrected chi connectivity index (χ3v) is 4.90. The number of hydrogen-bond acceptors (Lipinski definition) is 3. The van der Waals surface area contributed by atoms with E-state index in [1.165, 1.54) is 19.2 Å². The Labute approximate surface area is 174 Å². The third kappa shape index (κ3) is 4.89. The predicted octanol–water partition coefficient (Wildman–Crippen LogP) is 4.28. The number of hydrogen-bond donors (Lipinski definition) is 0. The van der Waals surface area contributed by atoms with E-state index in [4.69, 9.17) is 0 Å². The Balaban J connectivity index is 1.81. The molecule has 1 aliphatic rings. The van der Waals surface area contributed by atoms with E-state index < -0.39 is 35.9 Å². The summed E-state index contributed by atoms with van der Waals surface area (Å²) in [6, 6.07) is 6.56. The van der Waals surface area contributed by atoms with Crippen LogP contribution in [0, 0.1) is 18.6 Å². The molecule has 5 nitrogen and oxygen atoms in total. The molecule has 2 aromatic rings. The average molecular weight is 439 g/mol. The van der Waals surface area contributed by atoms with E-state index in [0.717, 1.165) is 16.0 Å². The molecular formula is C21H18F5N3O2.